The number of carbonyl (C=O) groups is 1. The molecule has 1 aliphatic heterocycles. The highest BCUT2D eigenvalue weighted by Gasteiger charge is 2.14. The van der Waals surface area contributed by atoms with E-state index >= 15 is 0 Å². The lowest BCUT2D eigenvalue weighted by atomic mass is 10.2. The SMILES string of the molecule is CSCC[C@@H](N)C(=O)NCCN1CCCC1. The Kier molecular flexibility index (Phi) is 6.84. The first-order chi connectivity index (χ1) is 7.74. The van der Waals surface area contributed by atoms with Crippen LogP contribution in [0.2, 0.25) is 0 Å². The Morgan fingerprint density at radius 3 is 2.81 bits per heavy atom. The van der Waals surface area contributed by atoms with Crippen LogP contribution in [0.4, 0.5) is 0 Å². The van der Waals surface area contributed by atoms with E-state index in [2.05, 4.69) is 10.2 Å². The minimum absolute atomic E-state index is 0.00625. The van der Waals surface area contributed by atoms with Crippen molar-refractivity contribution in [3.8, 4) is 0 Å². The number of nitrogens with two attached hydrogens (primary N) is 1. The summed E-state index contributed by atoms with van der Waals surface area (Å²) in [5.41, 5.74) is 5.76. The zero-order chi connectivity index (χ0) is 11.8. The number of nitrogens with zero attached hydrogens (tertiary/aromatic N) is 1. The Bertz CT molecular complexity index is 207. The molecule has 4 nitrogen and oxygen atoms in total. The van der Waals surface area contributed by atoms with Gasteiger partial charge in [-0.3, -0.25) is 4.79 Å². The molecule has 16 heavy (non-hydrogen) atoms. The molecule has 1 atom stereocenters. The normalized spacial score (nSPS) is 18.6. The number of rotatable bonds is 7. The third-order valence-electron chi connectivity index (χ3n) is 2.90. The van der Waals surface area contributed by atoms with Crippen LogP contribution in [-0.2, 0) is 4.79 Å². The Hall–Kier alpha value is -0.260. The fraction of sp³-hybridized carbons (Fsp3) is 0.909. The molecule has 1 heterocycles. The molecule has 0 unspecified atom stereocenters. The van der Waals surface area contributed by atoms with Crippen molar-refractivity contribution >= 4 is 17.7 Å². The van der Waals surface area contributed by atoms with Gasteiger partial charge in [-0.1, -0.05) is 0 Å². The van der Waals surface area contributed by atoms with Gasteiger partial charge >= 0.3 is 0 Å². The molecule has 1 aliphatic rings. The number of carbonyl (C=O) groups excluding carboxylic acids is 1. The summed E-state index contributed by atoms with van der Waals surface area (Å²) in [7, 11) is 0. The minimum atomic E-state index is -0.342. The third kappa shape index (κ3) is 5.18. The van der Waals surface area contributed by atoms with Crippen molar-refractivity contribution < 1.29 is 4.79 Å². The number of hydrogen-bond donors (Lipinski definition) is 2. The lowest BCUT2D eigenvalue weighted by molar-refractivity contribution is -0.122. The third-order valence-corrected chi connectivity index (χ3v) is 3.54. The minimum Gasteiger partial charge on any atom is -0.353 e. The van der Waals surface area contributed by atoms with Gasteiger partial charge in [-0.25, -0.2) is 0 Å². The van der Waals surface area contributed by atoms with E-state index in [4.69, 9.17) is 5.73 Å². The second-order valence-electron chi connectivity index (χ2n) is 4.23. The lowest BCUT2D eigenvalue weighted by Crippen LogP contribution is -2.43. The van der Waals surface area contributed by atoms with Crippen LogP contribution in [-0.4, -0.2) is 55.0 Å². The van der Waals surface area contributed by atoms with Gasteiger partial charge in [-0.05, 0) is 44.4 Å². The van der Waals surface area contributed by atoms with Gasteiger partial charge in [0.1, 0.15) is 0 Å². The Balaban J connectivity index is 2.04. The Morgan fingerprint density at radius 2 is 2.19 bits per heavy atom. The molecule has 3 N–H and O–H groups in total. The highest BCUT2D eigenvalue weighted by atomic mass is 32.2. The molecule has 0 spiro atoms. The molecule has 0 radical (unpaired) electrons. The van der Waals surface area contributed by atoms with Crippen molar-refractivity contribution in [3.63, 3.8) is 0 Å². The summed E-state index contributed by atoms with van der Waals surface area (Å²) < 4.78 is 0. The molecular weight excluding hydrogens is 222 g/mol. The van der Waals surface area contributed by atoms with Gasteiger partial charge in [0.15, 0.2) is 0 Å². The summed E-state index contributed by atoms with van der Waals surface area (Å²) in [5.74, 6) is 0.939. The van der Waals surface area contributed by atoms with E-state index in [-0.39, 0.29) is 11.9 Å². The van der Waals surface area contributed by atoms with Crippen molar-refractivity contribution in [2.75, 3.05) is 38.2 Å². The molecule has 94 valence electrons. The topological polar surface area (TPSA) is 58.4 Å². The molecular formula is C11H23N3OS. The predicted molar refractivity (Wildman–Crippen MR) is 69.7 cm³/mol. The molecule has 0 aromatic carbocycles. The molecule has 0 aromatic heterocycles. The summed E-state index contributed by atoms with van der Waals surface area (Å²) in [6.45, 7) is 4.04. The van der Waals surface area contributed by atoms with Crippen LogP contribution in [0.1, 0.15) is 19.3 Å². The monoisotopic (exact) mass is 245 g/mol. The molecule has 0 aliphatic carbocycles. The summed E-state index contributed by atoms with van der Waals surface area (Å²) in [4.78, 5) is 13.9. The number of likely N-dealkylation sites (tertiary alicyclic amines) is 1. The zero-order valence-corrected chi connectivity index (χ0v) is 10.9. The Labute approximate surface area is 102 Å². The summed E-state index contributed by atoms with van der Waals surface area (Å²) in [6.07, 6.45) is 5.37. The number of thioether (sulfide) groups is 1. The zero-order valence-electron chi connectivity index (χ0n) is 10.1. The predicted octanol–water partition coefficient (Wildman–Crippen LogP) is 0.279. The van der Waals surface area contributed by atoms with E-state index in [1.54, 1.807) is 11.8 Å². The van der Waals surface area contributed by atoms with Gasteiger partial charge in [-0.2, -0.15) is 11.8 Å². The lowest BCUT2D eigenvalue weighted by Gasteiger charge is -2.16. The van der Waals surface area contributed by atoms with Crippen molar-refractivity contribution in [2.24, 2.45) is 5.73 Å². The Morgan fingerprint density at radius 1 is 1.50 bits per heavy atom. The van der Waals surface area contributed by atoms with Gasteiger partial charge in [0.05, 0.1) is 6.04 Å². The van der Waals surface area contributed by atoms with E-state index in [0.717, 1.165) is 25.3 Å². The first-order valence-electron chi connectivity index (χ1n) is 5.98. The molecule has 0 saturated carbocycles. The maximum Gasteiger partial charge on any atom is 0.236 e. The van der Waals surface area contributed by atoms with Gasteiger partial charge in [0.2, 0.25) is 5.91 Å². The van der Waals surface area contributed by atoms with Gasteiger partial charge < -0.3 is 16.0 Å². The van der Waals surface area contributed by atoms with Crippen LogP contribution in [0.15, 0.2) is 0 Å². The van der Waals surface area contributed by atoms with E-state index in [1.165, 1.54) is 25.9 Å². The fourth-order valence-electron chi connectivity index (χ4n) is 1.85. The molecule has 1 amide bonds. The quantitative estimate of drug-likeness (QED) is 0.676. The van der Waals surface area contributed by atoms with E-state index in [0.29, 0.717) is 0 Å². The largest absolute Gasteiger partial charge is 0.353 e. The second-order valence-corrected chi connectivity index (χ2v) is 5.21. The standard InChI is InChI=1S/C11H23N3OS/c1-16-9-4-10(12)11(15)13-5-8-14-6-2-3-7-14/h10H,2-9,12H2,1H3,(H,13,15)/t10-/m1/s1. The maximum atomic E-state index is 11.6. The fourth-order valence-corrected chi connectivity index (χ4v) is 2.34. The first kappa shape index (κ1) is 13.8. The number of amides is 1. The van der Waals surface area contributed by atoms with E-state index < -0.39 is 0 Å². The van der Waals surface area contributed by atoms with E-state index in [9.17, 15) is 4.79 Å². The van der Waals surface area contributed by atoms with Crippen molar-refractivity contribution in [3.05, 3.63) is 0 Å². The molecule has 0 aromatic rings. The van der Waals surface area contributed by atoms with Crippen LogP contribution >= 0.6 is 11.8 Å². The van der Waals surface area contributed by atoms with Crippen molar-refractivity contribution in [2.45, 2.75) is 25.3 Å². The van der Waals surface area contributed by atoms with Crippen LogP contribution in [0.5, 0.6) is 0 Å². The van der Waals surface area contributed by atoms with E-state index in [1.807, 2.05) is 6.26 Å². The molecule has 1 fully saturated rings. The van der Waals surface area contributed by atoms with Crippen LogP contribution in [0, 0.1) is 0 Å². The first-order valence-corrected chi connectivity index (χ1v) is 7.38. The summed E-state index contributed by atoms with van der Waals surface area (Å²) >= 11 is 1.72. The van der Waals surface area contributed by atoms with Gasteiger partial charge in [-0.15, -0.1) is 0 Å². The molecule has 5 heteroatoms. The maximum absolute atomic E-state index is 11.6. The van der Waals surface area contributed by atoms with Crippen molar-refractivity contribution in [1.82, 2.24) is 10.2 Å². The molecule has 1 saturated heterocycles. The molecule has 0 bridgehead atoms. The molecule has 1 rings (SSSR count). The summed E-state index contributed by atoms with van der Waals surface area (Å²) in [6, 6.07) is -0.342. The summed E-state index contributed by atoms with van der Waals surface area (Å²) in [5, 5.41) is 2.90. The van der Waals surface area contributed by atoms with Crippen LogP contribution in [0.3, 0.4) is 0 Å². The van der Waals surface area contributed by atoms with Gasteiger partial charge in [0, 0.05) is 13.1 Å². The second kappa shape index (κ2) is 7.92. The number of hydrogen-bond acceptors (Lipinski definition) is 4. The van der Waals surface area contributed by atoms with Crippen molar-refractivity contribution in [1.29, 1.82) is 0 Å². The average Bonchev–Trinajstić information content (AvgIpc) is 2.78. The van der Waals surface area contributed by atoms with Crippen LogP contribution < -0.4 is 11.1 Å². The van der Waals surface area contributed by atoms with Crippen LogP contribution in [0.25, 0.3) is 0 Å². The number of nitrogens with one attached hydrogen (secondary N) is 1. The smallest absolute Gasteiger partial charge is 0.236 e. The van der Waals surface area contributed by atoms with Gasteiger partial charge in [0.25, 0.3) is 0 Å². The highest BCUT2D eigenvalue weighted by molar-refractivity contribution is 7.98. The average molecular weight is 245 g/mol. The highest BCUT2D eigenvalue weighted by Crippen LogP contribution is 2.05.